The van der Waals surface area contributed by atoms with Gasteiger partial charge in [0.1, 0.15) is 5.75 Å². The van der Waals surface area contributed by atoms with Crippen molar-refractivity contribution in [2.24, 2.45) is 0 Å². The van der Waals surface area contributed by atoms with E-state index < -0.39 is 0 Å². The predicted octanol–water partition coefficient (Wildman–Crippen LogP) is 2.56. The van der Waals surface area contributed by atoms with Crippen molar-refractivity contribution in [3.63, 3.8) is 0 Å². The molecule has 104 valence electrons. The molecule has 1 aromatic rings. The zero-order valence-corrected chi connectivity index (χ0v) is 12.7. The van der Waals surface area contributed by atoms with Crippen molar-refractivity contribution in [2.75, 3.05) is 7.11 Å². The van der Waals surface area contributed by atoms with E-state index >= 15 is 0 Å². The van der Waals surface area contributed by atoms with Crippen molar-refractivity contribution in [3.05, 3.63) is 23.8 Å². The van der Waals surface area contributed by atoms with E-state index in [1.807, 2.05) is 6.07 Å². The van der Waals surface area contributed by atoms with Crippen LogP contribution in [0, 0.1) is 0 Å². The minimum absolute atomic E-state index is 0.311. The Balaban J connectivity index is 2.30. The molecule has 0 saturated carbocycles. The Morgan fingerprint density at radius 2 is 1.68 bits per heavy atom. The summed E-state index contributed by atoms with van der Waals surface area (Å²) in [5, 5.41) is 0. The van der Waals surface area contributed by atoms with Gasteiger partial charge in [-0.3, -0.25) is 0 Å². The average molecular weight is 262 g/mol. The Labute approximate surface area is 116 Å². The van der Waals surface area contributed by atoms with E-state index in [1.54, 1.807) is 7.11 Å². The molecule has 1 aliphatic heterocycles. The number of hydrogen-bond donors (Lipinski definition) is 0. The summed E-state index contributed by atoms with van der Waals surface area (Å²) in [6, 6.07) is 6.16. The Kier molecular flexibility index (Phi) is 3.67. The van der Waals surface area contributed by atoms with Gasteiger partial charge in [-0.25, -0.2) is 0 Å². The molecule has 0 amide bonds. The number of hydrogen-bond acceptors (Lipinski definition) is 3. The molecule has 0 aromatic heterocycles. The largest absolute Gasteiger partial charge is 0.496 e. The van der Waals surface area contributed by atoms with E-state index in [9.17, 15) is 0 Å². The second-order valence-corrected chi connectivity index (χ2v) is 6.01. The van der Waals surface area contributed by atoms with Gasteiger partial charge in [0.2, 0.25) is 0 Å². The summed E-state index contributed by atoms with van der Waals surface area (Å²) in [6.07, 6.45) is 0.951. The van der Waals surface area contributed by atoms with Gasteiger partial charge in [-0.15, -0.1) is 0 Å². The van der Waals surface area contributed by atoms with Crippen LogP contribution in [0.4, 0.5) is 0 Å². The van der Waals surface area contributed by atoms with Gasteiger partial charge in [-0.2, -0.15) is 0 Å². The molecular formula is C15H23BO3. The van der Waals surface area contributed by atoms with E-state index in [1.165, 1.54) is 5.56 Å². The summed E-state index contributed by atoms with van der Waals surface area (Å²) in [4.78, 5) is 0. The summed E-state index contributed by atoms with van der Waals surface area (Å²) in [7, 11) is 1.37. The Morgan fingerprint density at radius 3 is 2.16 bits per heavy atom. The minimum atomic E-state index is -0.329. The molecule has 3 nitrogen and oxygen atoms in total. The molecule has 0 unspecified atom stereocenters. The molecule has 1 heterocycles. The summed E-state index contributed by atoms with van der Waals surface area (Å²) >= 11 is 0. The van der Waals surface area contributed by atoms with E-state index in [4.69, 9.17) is 14.0 Å². The van der Waals surface area contributed by atoms with Gasteiger partial charge >= 0.3 is 7.12 Å². The normalized spacial score (nSPS) is 20.6. The zero-order valence-electron chi connectivity index (χ0n) is 12.7. The van der Waals surface area contributed by atoms with Crippen LogP contribution >= 0.6 is 0 Å². The number of aryl methyl sites for hydroxylation is 1. The van der Waals surface area contributed by atoms with Crippen LogP contribution in [0.1, 0.15) is 40.2 Å². The molecule has 19 heavy (non-hydrogen) atoms. The molecular weight excluding hydrogens is 239 g/mol. The second-order valence-electron chi connectivity index (χ2n) is 6.01. The number of methoxy groups -OCH3 is 1. The summed E-state index contributed by atoms with van der Waals surface area (Å²) in [6.45, 7) is 10.4. The summed E-state index contributed by atoms with van der Waals surface area (Å²) < 4.78 is 17.5. The molecule has 0 atom stereocenters. The maximum atomic E-state index is 6.05. The number of rotatable bonds is 3. The third-order valence-electron chi connectivity index (χ3n) is 4.22. The van der Waals surface area contributed by atoms with E-state index in [-0.39, 0.29) is 18.3 Å². The average Bonchev–Trinajstić information content (AvgIpc) is 2.57. The van der Waals surface area contributed by atoms with Crippen LogP contribution in [0.3, 0.4) is 0 Å². The summed E-state index contributed by atoms with van der Waals surface area (Å²) in [5.41, 5.74) is 1.58. The van der Waals surface area contributed by atoms with Gasteiger partial charge < -0.3 is 14.0 Å². The monoisotopic (exact) mass is 262 g/mol. The Bertz CT molecular complexity index is 452. The quantitative estimate of drug-likeness (QED) is 0.783. The van der Waals surface area contributed by atoms with Gasteiger partial charge in [-0.05, 0) is 51.2 Å². The maximum Gasteiger partial charge on any atom is 0.494 e. The van der Waals surface area contributed by atoms with E-state index in [0.29, 0.717) is 0 Å². The molecule has 2 rings (SSSR count). The van der Waals surface area contributed by atoms with Crippen LogP contribution in [-0.2, 0) is 15.7 Å². The molecule has 0 radical (unpaired) electrons. The maximum absolute atomic E-state index is 6.05. The van der Waals surface area contributed by atoms with Gasteiger partial charge in [-0.1, -0.05) is 19.1 Å². The molecule has 1 aromatic carbocycles. The highest BCUT2D eigenvalue weighted by molar-refractivity contribution is 6.62. The van der Waals surface area contributed by atoms with Crippen molar-refractivity contribution in [2.45, 2.75) is 52.2 Å². The standard InChI is InChI=1S/C15H23BO3/c1-7-11-8-9-12(10-13(11)17-6)16-18-14(2,3)15(4,5)19-16/h8-10H,7H2,1-6H3. The van der Waals surface area contributed by atoms with E-state index in [2.05, 4.69) is 46.8 Å². The fourth-order valence-electron chi connectivity index (χ4n) is 2.18. The first-order valence-corrected chi connectivity index (χ1v) is 6.83. The van der Waals surface area contributed by atoms with Gasteiger partial charge in [0, 0.05) is 0 Å². The zero-order chi connectivity index (χ0) is 14.3. The Morgan fingerprint density at radius 1 is 1.11 bits per heavy atom. The first-order valence-electron chi connectivity index (χ1n) is 6.83. The Hall–Kier alpha value is -0.995. The summed E-state index contributed by atoms with van der Waals surface area (Å²) in [5.74, 6) is 0.898. The van der Waals surface area contributed by atoms with Crippen LogP contribution in [0.25, 0.3) is 0 Å². The van der Waals surface area contributed by atoms with Crippen LogP contribution in [-0.4, -0.2) is 25.4 Å². The second kappa shape index (κ2) is 4.84. The first-order chi connectivity index (χ1) is 8.80. The first kappa shape index (κ1) is 14.4. The molecule has 1 fully saturated rings. The van der Waals surface area contributed by atoms with Crippen LogP contribution in [0.2, 0.25) is 0 Å². The van der Waals surface area contributed by atoms with Gasteiger partial charge in [0.25, 0.3) is 0 Å². The van der Waals surface area contributed by atoms with Crippen molar-refractivity contribution in [1.29, 1.82) is 0 Å². The molecule has 4 heteroatoms. The highest BCUT2D eigenvalue weighted by Crippen LogP contribution is 2.36. The highest BCUT2D eigenvalue weighted by Gasteiger charge is 2.51. The molecule has 1 saturated heterocycles. The fraction of sp³-hybridized carbons (Fsp3) is 0.600. The van der Waals surface area contributed by atoms with Crippen LogP contribution in [0.5, 0.6) is 5.75 Å². The van der Waals surface area contributed by atoms with Crippen LogP contribution in [0.15, 0.2) is 18.2 Å². The number of ether oxygens (including phenoxy) is 1. The lowest BCUT2D eigenvalue weighted by molar-refractivity contribution is 0.00578. The lowest BCUT2D eigenvalue weighted by Gasteiger charge is -2.32. The molecule has 1 aliphatic rings. The topological polar surface area (TPSA) is 27.7 Å². The SMILES string of the molecule is CCc1ccc(B2OC(C)(C)C(C)(C)O2)cc1OC. The van der Waals surface area contributed by atoms with E-state index in [0.717, 1.165) is 17.6 Å². The fourth-order valence-corrected chi connectivity index (χ4v) is 2.18. The number of benzene rings is 1. The van der Waals surface area contributed by atoms with Crippen molar-refractivity contribution < 1.29 is 14.0 Å². The van der Waals surface area contributed by atoms with Crippen LogP contribution < -0.4 is 10.2 Å². The van der Waals surface area contributed by atoms with Gasteiger partial charge in [0.05, 0.1) is 18.3 Å². The van der Waals surface area contributed by atoms with Crippen molar-refractivity contribution in [1.82, 2.24) is 0 Å². The third-order valence-corrected chi connectivity index (χ3v) is 4.22. The lowest BCUT2D eigenvalue weighted by atomic mass is 9.78. The minimum Gasteiger partial charge on any atom is -0.496 e. The molecule has 0 bridgehead atoms. The van der Waals surface area contributed by atoms with Gasteiger partial charge in [0.15, 0.2) is 0 Å². The lowest BCUT2D eigenvalue weighted by Crippen LogP contribution is -2.41. The van der Waals surface area contributed by atoms with Crippen molar-refractivity contribution in [3.8, 4) is 5.75 Å². The predicted molar refractivity (Wildman–Crippen MR) is 78.1 cm³/mol. The molecule has 0 aliphatic carbocycles. The van der Waals surface area contributed by atoms with Crippen molar-refractivity contribution >= 4 is 12.6 Å². The molecule has 0 spiro atoms. The highest BCUT2D eigenvalue weighted by atomic mass is 16.7. The third kappa shape index (κ3) is 2.52. The smallest absolute Gasteiger partial charge is 0.494 e. The molecule has 0 N–H and O–H groups in total.